The van der Waals surface area contributed by atoms with Crippen LogP contribution < -0.4 is 5.73 Å². The lowest BCUT2D eigenvalue weighted by Crippen LogP contribution is -2.54. The summed E-state index contributed by atoms with van der Waals surface area (Å²) in [4.78, 5) is 13.2. The standard InChI is InChI=1S/C28H55N5O4Si3/c1-26(2,3)38(10,11)34-16-19-21(36-39(12,13)27(4,5)6)22(37-40(14,15)28(7,8)9)25(35-19)33-18-32-20-23(29)30-17-31-24(20)33/h17-19,21-22,25H,16H2,1-15H3,(H2,29,30,31)/t19-,21-,22-,25-/m0/s1. The lowest BCUT2D eigenvalue weighted by Gasteiger charge is -2.44. The second kappa shape index (κ2) is 10.8. The van der Waals surface area contributed by atoms with E-state index in [1.807, 2.05) is 4.57 Å². The molecule has 9 nitrogen and oxygen atoms in total. The van der Waals surface area contributed by atoms with E-state index in [4.69, 9.17) is 23.7 Å². The van der Waals surface area contributed by atoms with Crippen molar-refractivity contribution in [3.63, 3.8) is 0 Å². The molecule has 0 aliphatic carbocycles. The second-order valence-corrected chi connectivity index (χ2v) is 30.2. The van der Waals surface area contributed by atoms with Gasteiger partial charge >= 0.3 is 0 Å². The fraction of sp³-hybridized carbons (Fsp3) is 0.821. The number of nitrogen functional groups attached to an aromatic ring is 1. The van der Waals surface area contributed by atoms with Gasteiger partial charge in [-0.05, 0) is 54.4 Å². The zero-order valence-corrected chi connectivity index (χ0v) is 30.7. The van der Waals surface area contributed by atoms with Gasteiger partial charge in [0.2, 0.25) is 0 Å². The molecule has 3 heterocycles. The highest BCUT2D eigenvalue weighted by Crippen LogP contribution is 2.47. The topological polar surface area (TPSA) is 107 Å². The Kier molecular flexibility index (Phi) is 9.03. The molecule has 40 heavy (non-hydrogen) atoms. The summed E-state index contributed by atoms with van der Waals surface area (Å²) in [6.45, 7) is 34.4. The number of nitrogens with two attached hydrogens (primary N) is 1. The first-order valence-corrected chi connectivity index (χ1v) is 23.2. The molecule has 0 bridgehead atoms. The smallest absolute Gasteiger partial charge is 0.192 e. The number of fused-ring (bicyclic) bond motifs is 1. The average molecular weight is 610 g/mol. The molecule has 2 aromatic rings. The van der Waals surface area contributed by atoms with Gasteiger partial charge in [-0.3, -0.25) is 4.57 Å². The molecule has 1 saturated heterocycles. The van der Waals surface area contributed by atoms with Crippen LogP contribution in [0, 0.1) is 0 Å². The van der Waals surface area contributed by atoms with Gasteiger partial charge in [0.15, 0.2) is 42.6 Å². The summed E-state index contributed by atoms with van der Waals surface area (Å²) >= 11 is 0. The molecule has 2 N–H and O–H groups in total. The third kappa shape index (κ3) is 6.57. The van der Waals surface area contributed by atoms with Crippen molar-refractivity contribution >= 4 is 41.9 Å². The molecule has 12 heteroatoms. The Morgan fingerprint density at radius 1 is 0.775 bits per heavy atom. The number of rotatable bonds is 8. The first kappa shape index (κ1) is 33.3. The van der Waals surface area contributed by atoms with Crippen molar-refractivity contribution in [2.45, 2.75) is 141 Å². The van der Waals surface area contributed by atoms with E-state index in [1.54, 1.807) is 6.33 Å². The number of anilines is 1. The molecular weight excluding hydrogens is 555 g/mol. The third-order valence-electron chi connectivity index (χ3n) is 9.84. The number of imidazole rings is 1. The minimum absolute atomic E-state index is 0.00158. The van der Waals surface area contributed by atoms with Crippen LogP contribution in [0.15, 0.2) is 12.7 Å². The number of aromatic nitrogens is 4. The quantitative estimate of drug-likeness (QED) is 0.316. The molecule has 0 saturated carbocycles. The van der Waals surface area contributed by atoms with E-state index in [0.717, 1.165) is 0 Å². The number of hydrogen-bond acceptors (Lipinski definition) is 8. The van der Waals surface area contributed by atoms with Gasteiger partial charge in [0, 0.05) is 0 Å². The van der Waals surface area contributed by atoms with Crippen LogP contribution in [0.1, 0.15) is 68.5 Å². The molecule has 3 rings (SSSR count). The van der Waals surface area contributed by atoms with Crippen LogP contribution in [-0.2, 0) is 18.0 Å². The SMILES string of the molecule is CC(C)(C)[Si](C)(C)OC[C@@H]1O[C@H](n2cnc3c(N)ncnc32)[C@@H](O[Si](C)(C)C(C)(C)C)[C@H]1O[Si](C)(C)C(C)(C)C. The largest absolute Gasteiger partial charge is 0.414 e. The highest BCUT2D eigenvalue weighted by atomic mass is 28.4. The molecule has 0 amide bonds. The Hall–Kier alpha value is -1.16. The minimum atomic E-state index is -2.25. The fourth-order valence-corrected chi connectivity index (χ4v) is 7.55. The van der Waals surface area contributed by atoms with Crippen molar-refractivity contribution in [3.05, 3.63) is 12.7 Å². The van der Waals surface area contributed by atoms with Gasteiger partial charge in [-0.15, -0.1) is 0 Å². The van der Waals surface area contributed by atoms with Crippen LogP contribution in [0.25, 0.3) is 11.2 Å². The second-order valence-electron chi connectivity index (χ2n) is 15.9. The number of ether oxygens (including phenoxy) is 1. The van der Waals surface area contributed by atoms with Crippen LogP contribution in [0.2, 0.25) is 54.4 Å². The average Bonchev–Trinajstić information content (AvgIpc) is 3.32. The zero-order chi connectivity index (χ0) is 30.7. The van der Waals surface area contributed by atoms with E-state index in [1.165, 1.54) is 6.33 Å². The van der Waals surface area contributed by atoms with Gasteiger partial charge in [0.1, 0.15) is 30.2 Å². The van der Waals surface area contributed by atoms with E-state index in [-0.39, 0.29) is 33.4 Å². The van der Waals surface area contributed by atoms with Crippen LogP contribution in [-0.4, -0.2) is 69.4 Å². The van der Waals surface area contributed by atoms with Crippen molar-refractivity contribution in [3.8, 4) is 0 Å². The number of hydrogen-bond donors (Lipinski definition) is 1. The van der Waals surface area contributed by atoms with Crippen molar-refractivity contribution in [2.75, 3.05) is 12.3 Å². The number of nitrogens with zero attached hydrogens (tertiary/aromatic N) is 4. The normalized spacial score (nSPS) is 23.8. The van der Waals surface area contributed by atoms with E-state index in [9.17, 15) is 0 Å². The van der Waals surface area contributed by atoms with Gasteiger partial charge in [-0.25, -0.2) is 15.0 Å². The molecule has 1 aliphatic rings. The van der Waals surface area contributed by atoms with Crippen LogP contribution in [0.4, 0.5) is 5.82 Å². The summed E-state index contributed by atoms with van der Waals surface area (Å²) in [5.41, 5.74) is 7.34. The van der Waals surface area contributed by atoms with Gasteiger partial charge in [0.05, 0.1) is 12.9 Å². The molecule has 0 unspecified atom stereocenters. The third-order valence-corrected chi connectivity index (χ3v) is 23.3. The van der Waals surface area contributed by atoms with Crippen LogP contribution >= 0.6 is 0 Å². The molecule has 228 valence electrons. The highest BCUT2D eigenvalue weighted by Gasteiger charge is 2.55. The molecule has 2 aromatic heterocycles. The maximum absolute atomic E-state index is 7.22. The zero-order valence-electron chi connectivity index (χ0n) is 27.7. The fourth-order valence-electron chi connectivity index (χ4n) is 3.93. The summed E-state index contributed by atoms with van der Waals surface area (Å²) in [7, 11) is -6.52. The maximum Gasteiger partial charge on any atom is 0.192 e. The Bertz CT molecular complexity index is 1180. The van der Waals surface area contributed by atoms with Crippen molar-refractivity contribution in [1.82, 2.24) is 19.5 Å². The Labute approximate surface area is 245 Å². The predicted molar refractivity (Wildman–Crippen MR) is 171 cm³/mol. The lowest BCUT2D eigenvalue weighted by atomic mass is 10.1. The first-order chi connectivity index (χ1) is 17.9. The van der Waals surface area contributed by atoms with E-state index >= 15 is 0 Å². The lowest BCUT2D eigenvalue weighted by molar-refractivity contribution is -0.0470. The van der Waals surface area contributed by atoms with E-state index in [0.29, 0.717) is 23.6 Å². The summed E-state index contributed by atoms with van der Waals surface area (Å²) < 4.78 is 30.1. The van der Waals surface area contributed by atoms with Crippen molar-refractivity contribution < 1.29 is 18.0 Å². The minimum Gasteiger partial charge on any atom is -0.414 e. The van der Waals surface area contributed by atoms with Gasteiger partial charge < -0.3 is 23.7 Å². The summed E-state index contributed by atoms with van der Waals surface area (Å²) in [6.07, 6.45) is 1.69. The molecule has 4 atom stereocenters. The van der Waals surface area contributed by atoms with Gasteiger partial charge in [0.25, 0.3) is 0 Å². The monoisotopic (exact) mass is 609 g/mol. The molecule has 0 radical (unpaired) electrons. The van der Waals surface area contributed by atoms with E-state index in [2.05, 4.69) is 117 Å². The molecular formula is C28H55N5O4Si3. The van der Waals surface area contributed by atoms with Crippen molar-refractivity contribution in [2.24, 2.45) is 0 Å². The Morgan fingerprint density at radius 3 is 1.77 bits per heavy atom. The van der Waals surface area contributed by atoms with Gasteiger partial charge in [-0.2, -0.15) is 0 Å². The molecule has 1 fully saturated rings. The van der Waals surface area contributed by atoms with Crippen LogP contribution in [0.5, 0.6) is 0 Å². The van der Waals surface area contributed by atoms with Gasteiger partial charge in [-0.1, -0.05) is 62.3 Å². The Morgan fingerprint density at radius 2 is 1.27 bits per heavy atom. The Balaban J connectivity index is 2.15. The first-order valence-electron chi connectivity index (χ1n) is 14.5. The molecule has 1 aliphatic heterocycles. The molecule has 0 aromatic carbocycles. The van der Waals surface area contributed by atoms with Crippen molar-refractivity contribution in [1.29, 1.82) is 0 Å². The predicted octanol–water partition coefficient (Wildman–Crippen LogP) is 7.11. The summed E-state index contributed by atoms with van der Waals surface area (Å²) in [5, 5.41) is 0.0893. The molecule has 0 spiro atoms. The highest BCUT2D eigenvalue weighted by molar-refractivity contribution is 6.75. The maximum atomic E-state index is 7.22. The summed E-state index contributed by atoms with van der Waals surface area (Å²) in [6, 6.07) is 0. The van der Waals surface area contributed by atoms with Crippen LogP contribution in [0.3, 0.4) is 0 Å². The summed E-state index contributed by atoms with van der Waals surface area (Å²) in [5.74, 6) is 0.343. The van der Waals surface area contributed by atoms with E-state index < -0.39 is 31.2 Å².